The van der Waals surface area contributed by atoms with Gasteiger partial charge in [-0.25, -0.2) is 0 Å². The van der Waals surface area contributed by atoms with Crippen molar-refractivity contribution in [2.75, 3.05) is 6.54 Å². The van der Waals surface area contributed by atoms with Crippen molar-refractivity contribution in [1.82, 2.24) is 5.32 Å². The number of nitrogens with one attached hydrogen (secondary N) is 1. The predicted molar refractivity (Wildman–Crippen MR) is 82.4 cm³/mol. The monoisotopic (exact) mass is 331 g/mol. The van der Waals surface area contributed by atoms with Crippen molar-refractivity contribution < 1.29 is 4.21 Å². The van der Waals surface area contributed by atoms with Crippen molar-refractivity contribution in [2.24, 2.45) is 0 Å². The maximum atomic E-state index is 12.5. The second-order valence-corrected chi connectivity index (χ2v) is 7.15. The maximum Gasteiger partial charge on any atom is 0.0573 e. The van der Waals surface area contributed by atoms with E-state index in [1.54, 1.807) is 0 Å². The molecule has 1 aromatic carbocycles. The van der Waals surface area contributed by atoms with E-state index in [0.29, 0.717) is 6.04 Å². The van der Waals surface area contributed by atoms with E-state index in [2.05, 4.69) is 42.0 Å². The van der Waals surface area contributed by atoms with Crippen LogP contribution < -0.4 is 5.32 Å². The molecule has 0 aromatic heterocycles. The van der Waals surface area contributed by atoms with Gasteiger partial charge in [0.05, 0.1) is 16.0 Å². The van der Waals surface area contributed by atoms with E-state index in [1.807, 2.05) is 24.3 Å². The van der Waals surface area contributed by atoms with Crippen LogP contribution in [0, 0.1) is 0 Å². The molecule has 18 heavy (non-hydrogen) atoms. The van der Waals surface area contributed by atoms with Crippen molar-refractivity contribution in [2.45, 2.75) is 49.8 Å². The molecule has 0 aliphatic heterocycles. The van der Waals surface area contributed by atoms with Crippen LogP contribution in [-0.2, 0) is 10.8 Å². The van der Waals surface area contributed by atoms with Crippen molar-refractivity contribution in [3.63, 3.8) is 0 Å². The number of hydrogen-bond donors (Lipinski definition) is 1. The summed E-state index contributed by atoms with van der Waals surface area (Å²) >= 11 is 3.40. The smallest absolute Gasteiger partial charge is 0.0573 e. The van der Waals surface area contributed by atoms with Crippen LogP contribution in [0.1, 0.15) is 33.6 Å². The van der Waals surface area contributed by atoms with E-state index in [1.165, 1.54) is 0 Å². The van der Waals surface area contributed by atoms with Crippen LogP contribution in [0.25, 0.3) is 0 Å². The fourth-order valence-corrected chi connectivity index (χ4v) is 3.59. The standard InChI is InChI=1S/C14H22BrNOS/c1-4-10-16-14(5-2)11(3)18(17)13-8-6-12(15)7-9-13/h6-9,11,14,16H,4-5,10H2,1-3H3. The van der Waals surface area contributed by atoms with Gasteiger partial charge in [0.15, 0.2) is 0 Å². The average Bonchev–Trinajstić information content (AvgIpc) is 2.39. The zero-order valence-electron chi connectivity index (χ0n) is 11.3. The largest absolute Gasteiger partial charge is 0.313 e. The minimum Gasteiger partial charge on any atom is -0.313 e. The van der Waals surface area contributed by atoms with Gasteiger partial charge in [-0.05, 0) is 50.6 Å². The Bertz CT molecular complexity index is 380. The summed E-state index contributed by atoms with van der Waals surface area (Å²) in [6, 6.07) is 8.07. The maximum absolute atomic E-state index is 12.5. The molecule has 1 aromatic rings. The molecule has 0 radical (unpaired) electrons. The first kappa shape index (κ1) is 15.9. The Kier molecular flexibility index (Phi) is 7.12. The number of benzene rings is 1. The molecule has 0 spiro atoms. The minimum atomic E-state index is -0.953. The molecule has 4 heteroatoms. The molecule has 0 heterocycles. The highest BCUT2D eigenvalue weighted by molar-refractivity contribution is 9.10. The van der Waals surface area contributed by atoms with E-state index in [-0.39, 0.29) is 5.25 Å². The summed E-state index contributed by atoms with van der Waals surface area (Å²) < 4.78 is 13.5. The van der Waals surface area contributed by atoms with Gasteiger partial charge < -0.3 is 5.32 Å². The Morgan fingerprint density at radius 1 is 1.28 bits per heavy atom. The molecule has 1 N–H and O–H groups in total. The molecule has 0 saturated heterocycles. The highest BCUT2D eigenvalue weighted by Crippen LogP contribution is 2.18. The zero-order valence-corrected chi connectivity index (χ0v) is 13.7. The molecule has 3 atom stereocenters. The van der Waals surface area contributed by atoms with E-state index >= 15 is 0 Å². The number of hydrogen-bond acceptors (Lipinski definition) is 2. The Hall–Kier alpha value is -0.190. The third-order valence-corrected chi connectivity index (χ3v) is 5.32. The zero-order chi connectivity index (χ0) is 13.5. The van der Waals surface area contributed by atoms with Gasteiger partial charge in [0.25, 0.3) is 0 Å². The molecule has 3 unspecified atom stereocenters. The Balaban J connectivity index is 2.72. The first-order valence-corrected chi connectivity index (χ1v) is 8.50. The minimum absolute atomic E-state index is 0.128. The molecule has 1 rings (SSSR count). The van der Waals surface area contributed by atoms with E-state index in [9.17, 15) is 4.21 Å². The summed E-state index contributed by atoms with van der Waals surface area (Å²) in [5.74, 6) is 0. The highest BCUT2D eigenvalue weighted by atomic mass is 79.9. The van der Waals surface area contributed by atoms with Crippen LogP contribution in [0.2, 0.25) is 0 Å². The van der Waals surface area contributed by atoms with E-state index in [4.69, 9.17) is 0 Å². The molecule has 0 saturated carbocycles. The van der Waals surface area contributed by atoms with Gasteiger partial charge in [0.2, 0.25) is 0 Å². The number of rotatable bonds is 7. The van der Waals surface area contributed by atoms with Crippen molar-refractivity contribution >= 4 is 26.7 Å². The van der Waals surface area contributed by atoms with Gasteiger partial charge >= 0.3 is 0 Å². The lowest BCUT2D eigenvalue weighted by atomic mass is 10.1. The first-order valence-electron chi connectivity index (χ1n) is 6.49. The Morgan fingerprint density at radius 2 is 1.89 bits per heavy atom. The first-order chi connectivity index (χ1) is 8.60. The van der Waals surface area contributed by atoms with Crippen LogP contribution in [0.4, 0.5) is 0 Å². The molecule has 0 aliphatic carbocycles. The quantitative estimate of drug-likeness (QED) is 0.824. The summed E-state index contributed by atoms with van der Waals surface area (Å²) in [7, 11) is -0.953. The highest BCUT2D eigenvalue weighted by Gasteiger charge is 2.21. The molecule has 0 amide bonds. The van der Waals surface area contributed by atoms with E-state index < -0.39 is 10.8 Å². The van der Waals surface area contributed by atoms with Crippen molar-refractivity contribution in [3.8, 4) is 0 Å². The lowest BCUT2D eigenvalue weighted by Gasteiger charge is -2.23. The Morgan fingerprint density at radius 3 is 2.39 bits per heavy atom. The summed E-state index contributed by atoms with van der Waals surface area (Å²) in [4.78, 5) is 0.905. The molecule has 2 nitrogen and oxygen atoms in total. The SMILES string of the molecule is CCCNC(CC)C(C)S(=O)c1ccc(Br)cc1. The van der Waals surface area contributed by atoms with Gasteiger partial charge in [-0.2, -0.15) is 0 Å². The summed E-state index contributed by atoms with van der Waals surface area (Å²) in [5, 5.41) is 3.61. The normalized spacial score (nSPS) is 16.2. The summed E-state index contributed by atoms with van der Waals surface area (Å²) in [6.45, 7) is 7.34. The molecular weight excluding hydrogens is 310 g/mol. The fourth-order valence-electron chi connectivity index (χ4n) is 1.90. The topological polar surface area (TPSA) is 29.1 Å². The van der Waals surface area contributed by atoms with Gasteiger partial charge in [-0.1, -0.05) is 29.8 Å². The molecule has 0 bridgehead atoms. The lowest BCUT2D eigenvalue weighted by molar-refractivity contribution is 0.486. The molecule has 0 aliphatic rings. The summed E-state index contributed by atoms with van der Waals surface area (Å²) in [6.07, 6.45) is 2.11. The van der Waals surface area contributed by atoms with Crippen LogP contribution in [0.5, 0.6) is 0 Å². The van der Waals surface area contributed by atoms with Crippen LogP contribution in [0.3, 0.4) is 0 Å². The third kappa shape index (κ3) is 4.48. The number of halogens is 1. The predicted octanol–water partition coefficient (Wildman–Crippen LogP) is 3.72. The Labute approximate surface area is 121 Å². The molecular formula is C14H22BrNOS. The van der Waals surface area contributed by atoms with Gasteiger partial charge in [-0.3, -0.25) is 4.21 Å². The van der Waals surface area contributed by atoms with Crippen LogP contribution >= 0.6 is 15.9 Å². The van der Waals surface area contributed by atoms with Gasteiger partial charge in [-0.15, -0.1) is 0 Å². The molecule has 0 fully saturated rings. The van der Waals surface area contributed by atoms with Crippen molar-refractivity contribution in [3.05, 3.63) is 28.7 Å². The fraction of sp³-hybridized carbons (Fsp3) is 0.571. The van der Waals surface area contributed by atoms with E-state index in [0.717, 1.165) is 28.8 Å². The van der Waals surface area contributed by atoms with Crippen LogP contribution in [0.15, 0.2) is 33.6 Å². The third-order valence-electron chi connectivity index (χ3n) is 3.05. The lowest BCUT2D eigenvalue weighted by Crippen LogP contribution is -2.40. The van der Waals surface area contributed by atoms with Gasteiger partial charge in [0.1, 0.15) is 0 Å². The second-order valence-electron chi connectivity index (χ2n) is 4.43. The van der Waals surface area contributed by atoms with Crippen LogP contribution in [-0.4, -0.2) is 22.0 Å². The molecule has 102 valence electrons. The average molecular weight is 332 g/mol. The van der Waals surface area contributed by atoms with Gasteiger partial charge in [0, 0.05) is 15.4 Å². The summed E-state index contributed by atoms with van der Waals surface area (Å²) in [5.41, 5.74) is 0. The van der Waals surface area contributed by atoms with Crippen molar-refractivity contribution in [1.29, 1.82) is 0 Å². The second kappa shape index (κ2) is 8.08.